The number of pyridine rings is 1. The molecule has 0 spiro atoms. The Bertz CT molecular complexity index is 1070. The number of aromatic hydroxyl groups is 1. The molecule has 2 heterocycles. The number of aliphatic hydroxyl groups is 1. The lowest BCUT2D eigenvalue weighted by atomic mass is 9.97. The normalized spacial score (nSPS) is 19.0. The number of nitrogens with zero attached hydrogens (tertiary/aromatic N) is 1. The Hall–Kier alpha value is -2.24. The van der Waals surface area contributed by atoms with Gasteiger partial charge in [0.2, 0.25) is 5.43 Å². The first-order valence-electron chi connectivity index (χ1n) is 8.08. The number of aryl methyl sites for hydroxylation is 1. The van der Waals surface area contributed by atoms with E-state index < -0.39 is 11.0 Å². The predicted molar refractivity (Wildman–Crippen MR) is 97.8 cm³/mol. The van der Waals surface area contributed by atoms with Crippen LogP contribution in [0.1, 0.15) is 12.5 Å². The number of hydrogen-bond acceptors (Lipinski definition) is 4. The van der Waals surface area contributed by atoms with Gasteiger partial charge in [0.25, 0.3) is 0 Å². The average molecular weight is 360 g/mol. The molecule has 25 heavy (non-hydrogen) atoms. The largest absolute Gasteiger partial charge is 0.507 e. The fraction of sp³-hybridized carbons (Fsp3) is 0.316. The minimum Gasteiger partial charge on any atom is -0.507 e. The third-order valence-electron chi connectivity index (χ3n) is 5.06. The molecular weight excluding hydrogens is 342 g/mol. The highest BCUT2D eigenvalue weighted by Gasteiger charge is 2.40. The van der Waals surface area contributed by atoms with Crippen LogP contribution in [0.2, 0.25) is 0 Å². The summed E-state index contributed by atoms with van der Waals surface area (Å²) in [5.74, 6) is 0.390. The molecule has 0 fully saturated rings. The van der Waals surface area contributed by atoms with Gasteiger partial charge in [0.1, 0.15) is 22.5 Å². The zero-order valence-corrected chi connectivity index (χ0v) is 14.7. The summed E-state index contributed by atoms with van der Waals surface area (Å²) in [5.41, 5.74) is 2.05. The van der Waals surface area contributed by atoms with Crippen molar-refractivity contribution in [1.82, 2.24) is 4.57 Å². The Morgan fingerprint density at radius 3 is 2.84 bits per heavy atom. The molecule has 1 aliphatic heterocycles. The molecule has 2 N–H and O–H groups in total. The Morgan fingerprint density at radius 2 is 2.12 bits per heavy atom. The van der Waals surface area contributed by atoms with Crippen LogP contribution in [-0.2, 0) is 13.5 Å². The van der Waals surface area contributed by atoms with Crippen LogP contribution in [0.25, 0.3) is 21.8 Å². The lowest BCUT2D eigenvalue weighted by Crippen LogP contribution is -2.40. The lowest BCUT2D eigenvalue weighted by Gasteiger charge is -2.25. The smallest absolute Gasteiger partial charge is 0.200 e. The molecule has 3 aromatic rings. The SMILES string of the molecule is Cn1c2ccccc2c(=O)c2c(O)cc3c(c21)C[C@@H]([C@](C)(Cl)CO)O3. The van der Waals surface area contributed by atoms with Crippen molar-refractivity contribution in [3.05, 3.63) is 46.1 Å². The van der Waals surface area contributed by atoms with E-state index in [1.807, 2.05) is 23.7 Å². The van der Waals surface area contributed by atoms with Crippen LogP contribution in [0.5, 0.6) is 11.5 Å². The zero-order valence-electron chi connectivity index (χ0n) is 13.9. The molecule has 4 rings (SSSR count). The number of rotatable bonds is 2. The number of ether oxygens (including phenoxy) is 1. The van der Waals surface area contributed by atoms with Crippen LogP contribution < -0.4 is 10.2 Å². The molecule has 0 saturated carbocycles. The molecule has 0 aliphatic carbocycles. The second-order valence-corrected chi connectivity index (χ2v) is 7.61. The molecule has 6 heteroatoms. The van der Waals surface area contributed by atoms with Gasteiger partial charge in [0.15, 0.2) is 0 Å². The lowest BCUT2D eigenvalue weighted by molar-refractivity contribution is 0.131. The number of phenols is 1. The van der Waals surface area contributed by atoms with Gasteiger partial charge in [0.05, 0.1) is 23.0 Å². The van der Waals surface area contributed by atoms with E-state index in [9.17, 15) is 15.0 Å². The second kappa shape index (κ2) is 5.38. The number of para-hydroxylation sites is 1. The van der Waals surface area contributed by atoms with Gasteiger partial charge in [-0.1, -0.05) is 12.1 Å². The summed E-state index contributed by atoms with van der Waals surface area (Å²) in [6.07, 6.45) is 0.0129. The average Bonchev–Trinajstić information content (AvgIpc) is 3.03. The van der Waals surface area contributed by atoms with Crippen molar-refractivity contribution in [2.24, 2.45) is 7.05 Å². The Kier molecular flexibility index (Phi) is 3.49. The van der Waals surface area contributed by atoms with Crippen molar-refractivity contribution >= 4 is 33.4 Å². The van der Waals surface area contributed by atoms with Gasteiger partial charge in [-0.25, -0.2) is 0 Å². The van der Waals surface area contributed by atoms with Crippen molar-refractivity contribution in [1.29, 1.82) is 0 Å². The number of aromatic nitrogens is 1. The molecule has 0 amide bonds. The molecule has 130 valence electrons. The number of halogens is 1. The number of phenolic OH excluding ortho intramolecular Hbond substituents is 1. The van der Waals surface area contributed by atoms with E-state index in [4.69, 9.17) is 16.3 Å². The minimum atomic E-state index is -0.948. The van der Waals surface area contributed by atoms with Gasteiger partial charge in [-0.2, -0.15) is 0 Å². The van der Waals surface area contributed by atoms with Crippen molar-refractivity contribution in [2.75, 3.05) is 6.61 Å². The molecule has 1 aliphatic rings. The van der Waals surface area contributed by atoms with Crippen molar-refractivity contribution < 1.29 is 14.9 Å². The molecule has 5 nitrogen and oxygen atoms in total. The van der Waals surface area contributed by atoms with Gasteiger partial charge in [-0.05, 0) is 19.1 Å². The van der Waals surface area contributed by atoms with Crippen LogP contribution in [0, 0.1) is 0 Å². The molecule has 0 saturated heterocycles. The van der Waals surface area contributed by atoms with Crippen LogP contribution in [0.3, 0.4) is 0 Å². The molecule has 0 unspecified atom stereocenters. The number of fused-ring (bicyclic) bond motifs is 4. The van der Waals surface area contributed by atoms with E-state index in [-0.39, 0.29) is 23.2 Å². The standard InChI is InChI=1S/C19H18ClNO4/c1-19(20,9-22)15-7-11-14(25-15)8-13(23)16-17(11)21(2)12-6-4-3-5-10(12)18(16)24/h3-6,8,15,22-23H,7,9H2,1-2H3/t15-,19+/m0/s1. The van der Waals surface area contributed by atoms with Crippen molar-refractivity contribution in [3.8, 4) is 11.5 Å². The number of alkyl halides is 1. The first kappa shape index (κ1) is 16.2. The van der Waals surface area contributed by atoms with Gasteiger partial charge in [-0.3, -0.25) is 4.79 Å². The highest BCUT2D eigenvalue weighted by molar-refractivity contribution is 6.24. The summed E-state index contributed by atoms with van der Waals surface area (Å²) >= 11 is 6.37. The van der Waals surface area contributed by atoms with Crippen LogP contribution in [0.4, 0.5) is 0 Å². The van der Waals surface area contributed by atoms with E-state index >= 15 is 0 Å². The maximum Gasteiger partial charge on any atom is 0.200 e. The highest BCUT2D eigenvalue weighted by Crippen LogP contribution is 2.42. The van der Waals surface area contributed by atoms with Crippen LogP contribution in [0.15, 0.2) is 35.1 Å². The Morgan fingerprint density at radius 1 is 1.40 bits per heavy atom. The zero-order chi connectivity index (χ0) is 17.9. The van der Waals surface area contributed by atoms with E-state index in [1.54, 1.807) is 19.1 Å². The summed E-state index contributed by atoms with van der Waals surface area (Å²) in [6.45, 7) is 1.47. The topological polar surface area (TPSA) is 71.7 Å². The third-order valence-corrected chi connectivity index (χ3v) is 5.42. The summed E-state index contributed by atoms with van der Waals surface area (Å²) in [4.78, 5) is 12.0. The van der Waals surface area contributed by atoms with E-state index in [0.717, 1.165) is 11.1 Å². The third kappa shape index (κ3) is 2.23. The Balaban J connectivity index is 2.07. The van der Waals surface area contributed by atoms with Crippen LogP contribution in [-0.4, -0.2) is 32.4 Å². The quantitative estimate of drug-likeness (QED) is 0.545. The van der Waals surface area contributed by atoms with E-state index in [1.165, 1.54) is 6.07 Å². The number of benzene rings is 2. The number of aliphatic hydroxyl groups excluding tert-OH is 1. The summed E-state index contributed by atoms with van der Waals surface area (Å²) in [7, 11) is 1.86. The van der Waals surface area contributed by atoms with Crippen molar-refractivity contribution in [3.63, 3.8) is 0 Å². The van der Waals surface area contributed by atoms with Gasteiger partial charge in [0, 0.05) is 30.5 Å². The second-order valence-electron chi connectivity index (χ2n) is 6.75. The molecule has 0 radical (unpaired) electrons. The monoisotopic (exact) mass is 359 g/mol. The molecule has 1 aromatic heterocycles. The predicted octanol–water partition coefficient (Wildman–Crippen LogP) is 2.69. The fourth-order valence-electron chi connectivity index (χ4n) is 3.60. The minimum absolute atomic E-state index is 0.110. The fourth-order valence-corrected chi connectivity index (χ4v) is 3.72. The van der Waals surface area contributed by atoms with E-state index in [0.29, 0.717) is 23.1 Å². The first-order chi connectivity index (χ1) is 11.8. The molecular formula is C19H18ClNO4. The van der Waals surface area contributed by atoms with Gasteiger partial charge < -0.3 is 19.5 Å². The van der Waals surface area contributed by atoms with E-state index in [2.05, 4.69) is 0 Å². The van der Waals surface area contributed by atoms with Crippen molar-refractivity contribution in [2.45, 2.75) is 24.3 Å². The first-order valence-corrected chi connectivity index (χ1v) is 8.45. The summed E-state index contributed by atoms with van der Waals surface area (Å²) < 4.78 is 7.79. The van der Waals surface area contributed by atoms with Gasteiger partial charge in [-0.15, -0.1) is 11.6 Å². The maximum atomic E-state index is 12.9. The molecule has 2 atom stereocenters. The highest BCUT2D eigenvalue weighted by atomic mass is 35.5. The molecule has 2 aromatic carbocycles. The number of hydrogen-bond donors (Lipinski definition) is 2. The summed E-state index contributed by atoms with van der Waals surface area (Å²) in [6, 6.07) is 8.78. The van der Waals surface area contributed by atoms with Crippen LogP contribution >= 0.6 is 11.6 Å². The maximum absolute atomic E-state index is 12.9. The molecule has 0 bridgehead atoms. The Labute approximate surface area is 149 Å². The van der Waals surface area contributed by atoms with Gasteiger partial charge >= 0.3 is 0 Å². The summed E-state index contributed by atoms with van der Waals surface area (Å²) in [5, 5.41) is 20.8.